The summed E-state index contributed by atoms with van der Waals surface area (Å²) in [5, 5.41) is 3.15. The van der Waals surface area contributed by atoms with Crippen LogP contribution in [0.3, 0.4) is 0 Å². The maximum absolute atomic E-state index is 13.2. The summed E-state index contributed by atoms with van der Waals surface area (Å²) in [5.41, 5.74) is 2.85. The van der Waals surface area contributed by atoms with Gasteiger partial charge in [-0.2, -0.15) is 0 Å². The number of carbonyl (C=O) groups excluding carboxylic acids is 4. The van der Waals surface area contributed by atoms with E-state index in [4.69, 9.17) is 16.3 Å². The van der Waals surface area contributed by atoms with Gasteiger partial charge >= 0.3 is 5.97 Å². The highest BCUT2D eigenvalue weighted by Crippen LogP contribution is 2.55. The molecule has 0 spiro atoms. The van der Waals surface area contributed by atoms with Crippen molar-refractivity contribution in [3.8, 4) is 0 Å². The fourth-order valence-electron chi connectivity index (χ4n) is 5.49. The van der Waals surface area contributed by atoms with E-state index in [1.54, 1.807) is 31.2 Å². The molecule has 180 valence electrons. The number of anilines is 2. The van der Waals surface area contributed by atoms with Crippen LogP contribution in [-0.4, -0.2) is 30.3 Å². The maximum atomic E-state index is 13.2. The molecule has 1 N–H and O–H groups in total. The van der Waals surface area contributed by atoms with Gasteiger partial charge in [0.1, 0.15) is 0 Å². The Bertz CT molecular complexity index is 1320. The van der Waals surface area contributed by atoms with Gasteiger partial charge in [0.15, 0.2) is 6.61 Å². The van der Waals surface area contributed by atoms with Gasteiger partial charge in [-0.05, 0) is 83.9 Å². The van der Waals surface area contributed by atoms with Crippen LogP contribution in [0, 0.1) is 30.6 Å². The molecule has 4 atom stereocenters. The lowest BCUT2D eigenvalue weighted by molar-refractivity contribution is -0.123. The molecule has 0 radical (unpaired) electrons. The molecule has 1 saturated carbocycles. The van der Waals surface area contributed by atoms with Crippen LogP contribution < -0.4 is 10.2 Å². The molecular formula is C26H22BrClN2O5. The maximum Gasteiger partial charge on any atom is 0.338 e. The van der Waals surface area contributed by atoms with Gasteiger partial charge < -0.3 is 10.1 Å². The molecule has 7 nitrogen and oxygen atoms in total. The number of hydrogen-bond acceptors (Lipinski definition) is 5. The first kappa shape index (κ1) is 23.8. The smallest absolute Gasteiger partial charge is 0.338 e. The number of ether oxygens (including phenoxy) is 1. The van der Waals surface area contributed by atoms with Gasteiger partial charge in [-0.1, -0.05) is 29.3 Å². The molecule has 9 heteroatoms. The van der Waals surface area contributed by atoms with E-state index in [-0.39, 0.29) is 41.0 Å². The second-order valence-electron chi connectivity index (χ2n) is 9.19. The van der Waals surface area contributed by atoms with Gasteiger partial charge in [-0.15, -0.1) is 0 Å². The molecular weight excluding hydrogens is 536 g/mol. The Balaban J connectivity index is 1.25. The minimum Gasteiger partial charge on any atom is -0.452 e. The molecule has 0 aromatic heterocycles. The molecule has 1 heterocycles. The van der Waals surface area contributed by atoms with Crippen LogP contribution >= 0.6 is 27.5 Å². The van der Waals surface area contributed by atoms with Crippen LogP contribution in [0.15, 0.2) is 52.5 Å². The minimum absolute atomic E-state index is 0.0994. The molecule has 3 aliphatic rings. The van der Waals surface area contributed by atoms with Gasteiger partial charge in [0.05, 0.1) is 28.1 Å². The molecule has 2 fully saturated rings. The van der Waals surface area contributed by atoms with Crippen molar-refractivity contribution in [1.29, 1.82) is 0 Å². The number of rotatable bonds is 5. The number of carbonyl (C=O) groups is 4. The fraction of sp³-hybridized carbons (Fsp3) is 0.308. The highest BCUT2D eigenvalue weighted by molar-refractivity contribution is 9.10. The van der Waals surface area contributed by atoms with Crippen molar-refractivity contribution in [2.75, 3.05) is 16.8 Å². The number of benzene rings is 2. The lowest BCUT2D eigenvalue weighted by Crippen LogP contribution is -2.33. The standard InChI is InChI=1S/C26H22BrClN2O5/c1-12-8-15-10-17(12)22-21(15)24(32)30(25(22)33)16-5-3-4-14(9-16)26(34)35-11-20(31)29-19-7-6-18(27)23(28)13(19)2/h3-9,15,17,21-22H,10-11H2,1-2H3,(H,29,31)/t15-,17+,21-,22-/m0/s1. The van der Waals surface area contributed by atoms with E-state index < -0.39 is 18.5 Å². The molecule has 2 bridgehead atoms. The molecule has 2 aliphatic carbocycles. The average Bonchev–Trinajstić information content (AvgIpc) is 3.48. The van der Waals surface area contributed by atoms with E-state index >= 15 is 0 Å². The van der Waals surface area contributed by atoms with E-state index in [1.165, 1.54) is 22.6 Å². The van der Waals surface area contributed by atoms with E-state index in [1.807, 2.05) is 6.92 Å². The highest BCUT2D eigenvalue weighted by atomic mass is 79.9. The van der Waals surface area contributed by atoms with E-state index in [0.717, 1.165) is 6.42 Å². The van der Waals surface area contributed by atoms with E-state index in [0.29, 0.717) is 26.4 Å². The molecule has 5 rings (SSSR count). The monoisotopic (exact) mass is 556 g/mol. The summed E-state index contributed by atoms with van der Waals surface area (Å²) in [6.07, 6.45) is 2.97. The summed E-state index contributed by atoms with van der Waals surface area (Å²) < 4.78 is 5.88. The summed E-state index contributed by atoms with van der Waals surface area (Å²) in [7, 11) is 0. The van der Waals surface area contributed by atoms with Crippen molar-refractivity contribution in [3.05, 3.63) is 68.7 Å². The Morgan fingerprint density at radius 2 is 1.89 bits per heavy atom. The first-order chi connectivity index (χ1) is 16.7. The number of esters is 1. The third kappa shape index (κ3) is 3.98. The first-order valence-electron chi connectivity index (χ1n) is 11.2. The summed E-state index contributed by atoms with van der Waals surface area (Å²) >= 11 is 9.50. The SMILES string of the molecule is CC1=C[C@H]2C[C@H]1[C@@H]1C(=O)N(c3cccc(C(=O)OCC(=O)Nc4ccc(Br)c(Cl)c4C)c3)C(=O)[C@H]12. The van der Waals surface area contributed by atoms with Crippen molar-refractivity contribution in [2.45, 2.75) is 20.3 Å². The van der Waals surface area contributed by atoms with Crippen molar-refractivity contribution in [3.63, 3.8) is 0 Å². The number of hydrogen-bond donors (Lipinski definition) is 1. The minimum atomic E-state index is -0.732. The zero-order valence-electron chi connectivity index (χ0n) is 19.0. The molecule has 1 saturated heterocycles. The van der Waals surface area contributed by atoms with E-state index in [2.05, 4.69) is 27.3 Å². The Hall–Kier alpha value is -2.97. The fourth-order valence-corrected chi connectivity index (χ4v) is 6.08. The molecule has 0 unspecified atom stereocenters. The van der Waals surface area contributed by atoms with Crippen LogP contribution in [0.5, 0.6) is 0 Å². The van der Waals surface area contributed by atoms with E-state index in [9.17, 15) is 19.2 Å². The largest absolute Gasteiger partial charge is 0.452 e. The average molecular weight is 558 g/mol. The summed E-state index contributed by atoms with van der Waals surface area (Å²) in [6, 6.07) is 9.59. The number of amides is 3. The zero-order chi connectivity index (χ0) is 25.0. The third-order valence-electron chi connectivity index (χ3n) is 7.17. The van der Waals surface area contributed by atoms with Gasteiger partial charge in [-0.25, -0.2) is 9.69 Å². The zero-order valence-corrected chi connectivity index (χ0v) is 21.4. The predicted octanol–water partition coefficient (Wildman–Crippen LogP) is 4.91. The molecule has 35 heavy (non-hydrogen) atoms. The van der Waals surface area contributed by atoms with Gasteiger partial charge in [0.25, 0.3) is 5.91 Å². The lowest BCUT2D eigenvalue weighted by atomic mass is 9.82. The normalized spacial score (nSPS) is 24.5. The Labute approximate surface area is 215 Å². The van der Waals surface area contributed by atoms with Crippen LogP contribution in [0.2, 0.25) is 5.02 Å². The third-order valence-corrected chi connectivity index (χ3v) is 8.54. The van der Waals surface area contributed by atoms with Gasteiger partial charge in [0, 0.05) is 10.2 Å². The van der Waals surface area contributed by atoms with Crippen molar-refractivity contribution < 1.29 is 23.9 Å². The molecule has 3 amide bonds. The van der Waals surface area contributed by atoms with Crippen molar-refractivity contribution in [2.24, 2.45) is 23.7 Å². The first-order valence-corrected chi connectivity index (χ1v) is 12.4. The van der Waals surface area contributed by atoms with Gasteiger partial charge in [0.2, 0.25) is 11.8 Å². The summed E-state index contributed by atoms with van der Waals surface area (Å²) in [5.74, 6) is -2.13. The lowest BCUT2D eigenvalue weighted by Gasteiger charge is -2.19. The highest BCUT2D eigenvalue weighted by Gasteiger charge is 2.60. The van der Waals surface area contributed by atoms with Crippen LogP contribution in [-0.2, 0) is 19.1 Å². The van der Waals surface area contributed by atoms with Crippen molar-refractivity contribution in [1.82, 2.24) is 0 Å². The number of nitrogens with zero attached hydrogens (tertiary/aromatic N) is 1. The quantitative estimate of drug-likeness (QED) is 0.320. The van der Waals surface area contributed by atoms with Crippen LogP contribution in [0.4, 0.5) is 11.4 Å². The van der Waals surface area contributed by atoms with Gasteiger partial charge in [-0.3, -0.25) is 14.4 Å². The molecule has 2 aromatic rings. The van der Waals surface area contributed by atoms with Crippen LogP contribution in [0.1, 0.15) is 29.3 Å². The Kier molecular flexibility index (Phi) is 6.05. The predicted molar refractivity (Wildman–Crippen MR) is 134 cm³/mol. The number of imide groups is 1. The molecule has 1 aliphatic heterocycles. The molecule has 2 aromatic carbocycles. The Morgan fingerprint density at radius 3 is 2.66 bits per heavy atom. The van der Waals surface area contributed by atoms with Crippen molar-refractivity contribution >= 4 is 62.6 Å². The van der Waals surface area contributed by atoms with Crippen LogP contribution in [0.25, 0.3) is 0 Å². The summed E-state index contributed by atoms with van der Waals surface area (Å²) in [4.78, 5) is 52.4. The topological polar surface area (TPSA) is 92.8 Å². The number of halogens is 2. The summed E-state index contributed by atoms with van der Waals surface area (Å²) in [6.45, 7) is 3.27. The Morgan fingerprint density at radius 1 is 1.14 bits per heavy atom. The number of allylic oxidation sites excluding steroid dienone is 2. The second kappa shape index (κ2) is 8.91. The second-order valence-corrected chi connectivity index (χ2v) is 10.4. The number of nitrogens with one attached hydrogen (secondary N) is 1. The number of fused-ring (bicyclic) bond motifs is 5.